The van der Waals surface area contributed by atoms with E-state index in [0.29, 0.717) is 6.54 Å². The molecule has 16 heavy (non-hydrogen) atoms. The molecule has 0 aliphatic rings. The molecule has 1 heterocycles. The first-order chi connectivity index (χ1) is 7.76. The Morgan fingerprint density at radius 2 is 2.12 bits per heavy atom. The van der Waals surface area contributed by atoms with E-state index in [1.165, 1.54) is 0 Å². The highest BCUT2D eigenvalue weighted by Gasteiger charge is 2.06. The number of benzene rings is 1. The zero-order chi connectivity index (χ0) is 11.5. The van der Waals surface area contributed by atoms with Crippen LogP contribution < -0.4 is 5.73 Å². The van der Waals surface area contributed by atoms with Crippen molar-refractivity contribution in [2.75, 3.05) is 6.54 Å². The van der Waals surface area contributed by atoms with Crippen LogP contribution in [0.3, 0.4) is 0 Å². The smallest absolute Gasteiger partial charge is 0.0748 e. The Morgan fingerprint density at radius 1 is 1.38 bits per heavy atom. The van der Waals surface area contributed by atoms with Gasteiger partial charge in [0.25, 0.3) is 0 Å². The van der Waals surface area contributed by atoms with Gasteiger partial charge in [-0.05, 0) is 17.7 Å². The van der Waals surface area contributed by atoms with Gasteiger partial charge in [0.1, 0.15) is 0 Å². The molecule has 1 aromatic carbocycles. The van der Waals surface area contributed by atoms with E-state index in [0.717, 1.165) is 27.7 Å². The lowest BCUT2D eigenvalue weighted by Gasteiger charge is -2.08. The van der Waals surface area contributed by atoms with E-state index in [-0.39, 0.29) is 0 Å². The zero-order valence-electron chi connectivity index (χ0n) is 9.11. The van der Waals surface area contributed by atoms with Gasteiger partial charge in [-0.1, -0.05) is 37.4 Å². The third-order valence-corrected chi connectivity index (χ3v) is 2.55. The summed E-state index contributed by atoms with van der Waals surface area (Å²) in [5.74, 6) is 0. The predicted octanol–water partition coefficient (Wildman–Crippen LogP) is 2.85. The van der Waals surface area contributed by atoms with Crippen molar-refractivity contribution >= 4 is 22.6 Å². The molecule has 80 valence electrons. The maximum atomic E-state index is 5.60. The Balaban J connectivity index is 2.72. The van der Waals surface area contributed by atoms with E-state index >= 15 is 0 Å². The van der Waals surface area contributed by atoms with Gasteiger partial charge in [0, 0.05) is 17.5 Å². The Labute approximate surface area is 95.1 Å². The van der Waals surface area contributed by atoms with Gasteiger partial charge >= 0.3 is 0 Å². The fourth-order valence-corrected chi connectivity index (χ4v) is 1.67. The molecule has 0 radical (unpaired) electrons. The fourth-order valence-electron chi connectivity index (χ4n) is 1.67. The minimum absolute atomic E-state index is 0.409. The molecule has 0 amide bonds. The van der Waals surface area contributed by atoms with Crippen LogP contribution in [0.2, 0.25) is 0 Å². The summed E-state index contributed by atoms with van der Waals surface area (Å²) in [5, 5.41) is 1.10. The molecule has 0 saturated carbocycles. The van der Waals surface area contributed by atoms with Crippen LogP contribution in [0.25, 0.3) is 22.6 Å². The van der Waals surface area contributed by atoms with E-state index in [9.17, 15) is 0 Å². The van der Waals surface area contributed by atoms with Crippen LogP contribution in [0.15, 0.2) is 43.5 Å². The van der Waals surface area contributed by atoms with Gasteiger partial charge in [0.15, 0.2) is 0 Å². The highest BCUT2D eigenvalue weighted by molar-refractivity contribution is 5.85. The number of nitrogens with two attached hydrogens (primary N) is 1. The number of nitrogens with zero attached hydrogens (tertiary/aromatic N) is 1. The summed E-state index contributed by atoms with van der Waals surface area (Å²) in [6, 6.07) is 10.0. The van der Waals surface area contributed by atoms with Gasteiger partial charge in [-0.2, -0.15) is 0 Å². The number of pyridine rings is 1. The third kappa shape index (κ3) is 1.75. The molecule has 0 fully saturated rings. The van der Waals surface area contributed by atoms with E-state index in [1.807, 2.05) is 24.3 Å². The molecule has 0 spiro atoms. The van der Waals surface area contributed by atoms with E-state index in [4.69, 9.17) is 5.73 Å². The van der Waals surface area contributed by atoms with Crippen LogP contribution in [0.5, 0.6) is 0 Å². The zero-order valence-corrected chi connectivity index (χ0v) is 9.11. The first kappa shape index (κ1) is 10.6. The van der Waals surface area contributed by atoms with Crippen molar-refractivity contribution < 1.29 is 0 Å². The quantitative estimate of drug-likeness (QED) is 0.846. The third-order valence-electron chi connectivity index (χ3n) is 2.55. The predicted molar refractivity (Wildman–Crippen MR) is 69.9 cm³/mol. The van der Waals surface area contributed by atoms with Crippen LogP contribution in [-0.4, -0.2) is 11.5 Å². The maximum absolute atomic E-state index is 5.60. The summed E-state index contributed by atoms with van der Waals surface area (Å²) in [5.41, 5.74) is 9.21. The van der Waals surface area contributed by atoms with Crippen LogP contribution in [0, 0.1) is 0 Å². The minimum atomic E-state index is 0.409. The van der Waals surface area contributed by atoms with Crippen molar-refractivity contribution in [3.05, 3.63) is 54.7 Å². The molecule has 2 N–H and O–H groups in total. The molecule has 2 nitrogen and oxygen atoms in total. The summed E-state index contributed by atoms with van der Waals surface area (Å²) >= 11 is 0. The van der Waals surface area contributed by atoms with Crippen molar-refractivity contribution in [1.29, 1.82) is 0 Å². The number of para-hydroxylation sites is 1. The van der Waals surface area contributed by atoms with Crippen molar-refractivity contribution in [2.24, 2.45) is 5.73 Å². The first-order valence-electron chi connectivity index (χ1n) is 5.16. The van der Waals surface area contributed by atoms with Gasteiger partial charge in [-0.15, -0.1) is 0 Å². The Kier molecular flexibility index (Phi) is 2.84. The summed E-state index contributed by atoms with van der Waals surface area (Å²) in [4.78, 5) is 4.57. The van der Waals surface area contributed by atoms with Gasteiger partial charge < -0.3 is 5.73 Å². The maximum Gasteiger partial charge on any atom is 0.0748 e. The molecule has 0 saturated heterocycles. The van der Waals surface area contributed by atoms with E-state index in [1.54, 1.807) is 6.08 Å². The normalized spacial score (nSPS) is 10.3. The average Bonchev–Trinajstić information content (AvgIpc) is 2.36. The van der Waals surface area contributed by atoms with Crippen molar-refractivity contribution in [3.8, 4) is 0 Å². The second-order valence-electron chi connectivity index (χ2n) is 3.63. The number of fused-ring (bicyclic) bond motifs is 1. The van der Waals surface area contributed by atoms with E-state index < -0.39 is 0 Å². The molecular formula is C14H14N2. The molecule has 0 aliphatic heterocycles. The second-order valence-corrected chi connectivity index (χ2v) is 3.63. The lowest BCUT2D eigenvalue weighted by molar-refractivity contribution is 1.22. The van der Waals surface area contributed by atoms with Crippen LogP contribution in [-0.2, 0) is 0 Å². The molecule has 2 heteroatoms. The first-order valence-corrected chi connectivity index (χ1v) is 5.16. The highest BCUT2D eigenvalue weighted by atomic mass is 14.7. The Bertz CT molecular complexity index is 556. The average molecular weight is 210 g/mol. The molecule has 0 bridgehead atoms. The standard InChI is InChI=1S/C14H14N2/c1-3-11-8-12-6-4-5-7-13(12)16-14(11)10(2)9-15/h3-8H,1-2,9,15H2. The molecule has 2 aromatic rings. The van der Waals surface area contributed by atoms with Crippen molar-refractivity contribution in [1.82, 2.24) is 4.98 Å². The molecule has 0 unspecified atom stereocenters. The SMILES string of the molecule is C=Cc1cc2ccccc2nc1C(=C)CN. The summed E-state index contributed by atoms with van der Waals surface area (Å²) in [6.07, 6.45) is 1.79. The monoisotopic (exact) mass is 210 g/mol. The van der Waals surface area contributed by atoms with Crippen LogP contribution in [0.4, 0.5) is 0 Å². The number of hydrogen-bond acceptors (Lipinski definition) is 2. The van der Waals surface area contributed by atoms with Crippen LogP contribution >= 0.6 is 0 Å². The number of hydrogen-bond donors (Lipinski definition) is 1. The summed E-state index contributed by atoms with van der Waals surface area (Å²) < 4.78 is 0. The number of rotatable bonds is 3. The van der Waals surface area contributed by atoms with Crippen LogP contribution in [0.1, 0.15) is 11.3 Å². The van der Waals surface area contributed by atoms with Gasteiger partial charge in [-0.25, -0.2) is 4.98 Å². The largest absolute Gasteiger partial charge is 0.326 e. The van der Waals surface area contributed by atoms with E-state index in [2.05, 4.69) is 24.2 Å². The van der Waals surface area contributed by atoms with Gasteiger partial charge in [-0.3, -0.25) is 0 Å². The molecule has 0 aliphatic carbocycles. The van der Waals surface area contributed by atoms with Crippen molar-refractivity contribution in [2.45, 2.75) is 0 Å². The lowest BCUT2D eigenvalue weighted by Crippen LogP contribution is -2.04. The molecule has 1 aromatic heterocycles. The molecule has 0 atom stereocenters. The number of aromatic nitrogens is 1. The fraction of sp³-hybridized carbons (Fsp3) is 0.0714. The Morgan fingerprint density at radius 3 is 2.81 bits per heavy atom. The topological polar surface area (TPSA) is 38.9 Å². The summed E-state index contributed by atoms with van der Waals surface area (Å²) in [7, 11) is 0. The van der Waals surface area contributed by atoms with Crippen molar-refractivity contribution in [3.63, 3.8) is 0 Å². The lowest BCUT2D eigenvalue weighted by atomic mass is 10.0. The minimum Gasteiger partial charge on any atom is -0.326 e. The summed E-state index contributed by atoms with van der Waals surface area (Å²) in [6.45, 7) is 8.13. The second kappa shape index (κ2) is 4.29. The molecular weight excluding hydrogens is 196 g/mol. The molecule has 2 rings (SSSR count). The van der Waals surface area contributed by atoms with Gasteiger partial charge in [0.2, 0.25) is 0 Å². The highest BCUT2D eigenvalue weighted by Crippen LogP contribution is 2.21. The van der Waals surface area contributed by atoms with Gasteiger partial charge in [0.05, 0.1) is 11.2 Å². The Hall–Kier alpha value is -1.93.